The standard InChI is InChI=1S/C29H23NO4/c1-17-14-25-26(15-18(17)2)33-27-16-20(30-19-8-11-21(32-3)12-9-19)10-13-24(27)29(25)23-7-5-4-6-22(23)28(31)34-29/h4-16,30H,1-3H3. The Kier molecular flexibility index (Phi) is 4.42. The SMILES string of the molecule is COc1ccc(Nc2ccc3c(c2)Oc2cc(C)c(C)cc2C32OC(=O)c3ccccc32)cc1. The zero-order valence-corrected chi connectivity index (χ0v) is 19.1. The van der Waals surface area contributed by atoms with Crippen LogP contribution in [0.2, 0.25) is 0 Å². The highest BCUT2D eigenvalue weighted by molar-refractivity contribution is 5.97. The lowest BCUT2D eigenvalue weighted by molar-refractivity contribution is 0.0224. The molecule has 168 valence electrons. The number of nitrogens with one attached hydrogen (secondary N) is 1. The van der Waals surface area contributed by atoms with Crippen molar-refractivity contribution in [2.75, 3.05) is 12.4 Å². The molecule has 0 saturated carbocycles. The van der Waals surface area contributed by atoms with Crippen LogP contribution in [0.3, 0.4) is 0 Å². The van der Waals surface area contributed by atoms with Gasteiger partial charge in [0.2, 0.25) is 0 Å². The second-order valence-electron chi connectivity index (χ2n) is 8.72. The number of fused-ring (bicyclic) bond motifs is 6. The molecule has 5 nitrogen and oxygen atoms in total. The quantitative estimate of drug-likeness (QED) is 0.356. The maximum Gasteiger partial charge on any atom is 0.340 e. The third-order valence-corrected chi connectivity index (χ3v) is 6.71. The number of hydrogen-bond acceptors (Lipinski definition) is 5. The minimum absolute atomic E-state index is 0.326. The molecule has 4 aromatic rings. The lowest BCUT2D eigenvalue weighted by atomic mass is 9.77. The maximum atomic E-state index is 13.0. The molecule has 0 fully saturated rings. The molecule has 1 spiro atoms. The summed E-state index contributed by atoms with van der Waals surface area (Å²) in [6.45, 7) is 4.11. The monoisotopic (exact) mass is 449 g/mol. The summed E-state index contributed by atoms with van der Waals surface area (Å²) in [4.78, 5) is 13.0. The van der Waals surface area contributed by atoms with Crippen LogP contribution in [0.1, 0.15) is 38.2 Å². The molecule has 0 aromatic heterocycles. The molecule has 0 bridgehead atoms. The highest BCUT2D eigenvalue weighted by Crippen LogP contribution is 2.56. The van der Waals surface area contributed by atoms with E-state index in [1.807, 2.05) is 72.8 Å². The van der Waals surface area contributed by atoms with E-state index < -0.39 is 5.60 Å². The van der Waals surface area contributed by atoms with Crippen LogP contribution in [0.15, 0.2) is 78.9 Å². The van der Waals surface area contributed by atoms with Crippen molar-refractivity contribution in [2.45, 2.75) is 19.4 Å². The van der Waals surface area contributed by atoms with E-state index in [1.165, 1.54) is 0 Å². The number of benzene rings is 4. The maximum absolute atomic E-state index is 13.0. The van der Waals surface area contributed by atoms with Gasteiger partial charge in [-0.25, -0.2) is 4.79 Å². The zero-order chi connectivity index (χ0) is 23.4. The zero-order valence-electron chi connectivity index (χ0n) is 19.1. The first kappa shape index (κ1) is 20.4. The molecule has 5 heteroatoms. The minimum atomic E-state index is -1.05. The van der Waals surface area contributed by atoms with Crippen molar-refractivity contribution in [1.82, 2.24) is 0 Å². The molecule has 0 saturated heterocycles. The van der Waals surface area contributed by atoms with Gasteiger partial charge >= 0.3 is 5.97 Å². The summed E-state index contributed by atoms with van der Waals surface area (Å²) in [6, 6.07) is 25.3. The molecule has 1 unspecified atom stereocenters. The summed E-state index contributed by atoms with van der Waals surface area (Å²) < 4.78 is 17.9. The summed E-state index contributed by atoms with van der Waals surface area (Å²) in [5, 5.41) is 3.41. The van der Waals surface area contributed by atoms with E-state index in [4.69, 9.17) is 14.2 Å². The molecule has 0 radical (unpaired) electrons. The molecule has 2 aliphatic rings. The number of carbonyl (C=O) groups excluding carboxylic acids is 1. The highest BCUT2D eigenvalue weighted by Gasteiger charge is 2.53. The summed E-state index contributed by atoms with van der Waals surface area (Å²) in [7, 11) is 1.65. The average molecular weight is 450 g/mol. The Morgan fingerprint density at radius 1 is 0.765 bits per heavy atom. The van der Waals surface area contributed by atoms with Crippen LogP contribution in [0, 0.1) is 13.8 Å². The molecule has 2 heterocycles. The van der Waals surface area contributed by atoms with Crippen LogP contribution in [-0.2, 0) is 10.3 Å². The number of hydrogen-bond donors (Lipinski definition) is 1. The summed E-state index contributed by atoms with van der Waals surface area (Å²) >= 11 is 0. The van der Waals surface area contributed by atoms with Crippen molar-refractivity contribution in [3.63, 3.8) is 0 Å². The number of methoxy groups -OCH3 is 1. The van der Waals surface area contributed by atoms with Gasteiger partial charge in [-0.15, -0.1) is 0 Å². The van der Waals surface area contributed by atoms with Crippen LogP contribution in [-0.4, -0.2) is 13.1 Å². The largest absolute Gasteiger partial charge is 0.497 e. The van der Waals surface area contributed by atoms with Gasteiger partial charge < -0.3 is 19.5 Å². The number of anilines is 2. The van der Waals surface area contributed by atoms with Crippen LogP contribution >= 0.6 is 0 Å². The van der Waals surface area contributed by atoms with E-state index >= 15 is 0 Å². The van der Waals surface area contributed by atoms with Gasteiger partial charge in [0, 0.05) is 34.1 Å². The molecular formula is C29H23NO4. The van der Waals surface area contributed by atoms with Gasteiger partial charge in [0.15, 0.2) is 5.60 Å². The van der Waals surface area contributed by atoms with Crippen molar-refractivity contribution in [3.05, 3.63) is 112 Å². The lowest BCUT2D eigenvalue weighted by Crippen LogP contribution is -2.33. The summed E-state index contributed by atoms with van der Waals surface area (Å²) in [5.74, 6) is 1.82. The molecule has 4 aromatic carbocycles. The highest BCUT2D eigenvalue weighted by atomic mass is 16.6. The Labute approximate surface area is 197 Å². The van der Waals surface area contributed by atoms with Crippen molar-refractivity contribution in [2.24, 2.45) is 0 Å². The van der Waals surface area contributed by atoms with E-state index in [1.54, 1.807) is 7.11 Å². The fourth-order valence-corrected chi connectivity index (χ4v) is 4.85. The fraction of sp³-hybridized carbons (Fsp3) is 0.138. The molecule has 2 aliphatic heterocycles. The van der Waals surface area contributed by atoms with E-state index in [0.717, 1.165) is 44.9 Å². The van der Waals surface area contributed by atoms with Crippen molar-refractivity contribution in [3.8, 4) is 17.2 Å². The third kappa shape index (κ3) is 2.90. The Hall–Kier alpha value is -4.25. The second kappa shape index (κ2) is 7.39. The van der Waals surface area contributed by atoms with Gasteiger partial charge in [0.25, 0.3) is 0 Å². The second-order valence-corrected chi connectivity index (χ2v) is 8.72. The molecule has 0 amide bonds. The number of ether oxygens (including phenoxy) is 3. The summed E-state index contributed by atoms with van der Waals surface area (Å²) in [6.07, 6.45) is 0. The molecule has 34 heavy (non-hydrogen) atoms. The van der Waals surface area contributed by atoms with Crippen molar-refractivity contribution < 1.29 is 19.0 Å². The molecule has 1 N–H and O–H groups in total. The van der Waals surface area contributed by atoms with Crippen molar-refractivity contribution in [1.29, 1.82) is 0 Å². The first-order valence-corrected chi connectivity index (χ1v) is 11.2. The first-order valence-electron chi connectivity index (χ1n) is 11.2. The van der Waals surface area contributed by atoms with Gasteiger partial charge in [0.05, 0.1) is 12.7 Å². The van der Waals surface area contributed by atoms with Crippen LogP contribution in [0.5, 0.6) is 17.2 Å². The van der Waals surface area contributed by atoms with Crippen LogP contribution < -0.4 is 14.8 Å². The van der Waals surface area contributed by atoms with E-state index in [9.17, 15) is 4.79 Å². The van der Waals surface area contributed by atoms with Gasteiger partial charge in [-0.3, -0.25) is 0 Å². The lowest BCUT2D eigenvalue weighted by Gasteiger charge is -2.37. The van der Waals surface area contributed by atoms with Crippen molar-refractivity contribution >= 4 is 17.3 Å². The van der Waals surface area contributed by atoms with E-state index in [2.05, 4.69) is 25.2 Å². The predicted molar refractivity (Wildman–Crippen MR) is 130 cm³/mol. The predicted octanol–water partition coefficient (Wildman–Crippen LogP) is 6.62. The molecule has 1 atom stereocenters. The normalized spacial score (nSPS) is 17.3. The smallest absolute Gasteiger partial charge is 0.340 e. The molecular weight excluding hydrogens is 426 g/mol. The number of rotatable bonds is 3. The number of aryl methyl sites for hydroxylation is 2. The Balaban J connectivity index is 1.52. The average Bonchev–Trinajstić information content (AvgIpc) is 3.14. The Morgan fingerprint density at radius 2 is 1.47 bits per heavy atom. The minimum Gasteiger partial charge on any atom is -0.497 e. The number of carbonyl (C=O) groups is 1. The van der Waals surface area contributed by atoms with Gasteiger partial charge in [-0.2, -0.15) is 0 Å². The van der Waals surface area contributed by atoms with Gasteiger partial charge in [-0.05, 0) is 79.6 Å². The van der Waals surface area contributed by atoms with Gasteiger partial charge in [-0.1, -0.05) is 18.2 Å². The van der Waals surface area contributed by atoms with Gasteiger partial charge in [0.1, 0.15) is 17.2 Å². The Morgan fingerprint density at radius 3 is 2.26 bits per heavy atom. The third-order valence-electron chi connectivity index (χ3n) is 6.71. The van der Waals surface area contributed by atoms with E-state index in [-0.39, 0.29) is 5.97 Å². The molecule has 0 aliphatic carbocycles. The van der Waals surface area contributed by atoms with Crippen LogP contribution in [0.25, 0.3) is 0 Å². The molecule has 6 rings (SSSR count). The van der Waals surface area contributed by atoms with E-state index in [0.29, 0.717) is 17.1 Å². The number of esters is 1. The fourth-order valence-electron chi connectivity index (χ4n) is 4.85. The Bertz CT molecular complexity index is 1460. The van der Waals surface area contributed by atoms with Crippen LogP contribution in [0.4, 0.5) is 11.4 Å². The summed E-state index contributed by atoms with van der Waals surface area (Å²) in [5.41, 5.74) is 6.04. The topological polar surface area (TPSA) is 56.8 Å². The first-order chi connectivity index (χ1) is 16.5.